The molecule has 1 rings (SSSR count). The van der Waals surface area contributed by atoms with E-state index in [9.17, 15) is 9.59 Å². The first-order valence-electron chi connectivity index (χ1n) is 4.06. The molecule has 4 heteroatoms. The Morgan fingerprint density at radius 3 is 2.50 bits per heavy atom. The summed E-state index contributed by atoms with van der Waals surface area (Å²) in [5.41, 5.74) is 0. The second-order valence-corrected chi connectivity index (χ2v) is 2.91. The molecule has 1 unspecified atom stereocenters. The Balaban J connectivity index is 2.52. The largest absolute Gasteiger partial charge is 0.481 e. The highest BCUT2D eigenvalue weighted by atomic mass is 16.5. The van der Waals surface area contributed by atoms with Gasteiger partial charge in [-0.3, -0.25) is 9.59 Å². The molecule has 0 aromatic carbocycles. The fraction of sp³-hybridized carbons (Fsp3) is 0.750. The summed E-state index contributed by atoms with van der Waals surface area (Å²) in [6, 6.07) is 0. The van der Waals surface area contributed by atoms with Crippen molar-refractivity contribution in [1.29, 1.82) is 0 Å². The zero-order valence-electron chi connectivity index (χ0n) is 6.95. The second-order valence-electron chi connectivity index (χ2n) is 2.91. The number of hydrogen-bond donors (Lipinski definition) is 1. The van der Waals surface area contributed by atoms with E-state index in [0.717, 1.165) is 12.8 Å². The Kier molecular flexibility index (Phi) is 2.68. The van der Waals surface area contributed by atoms with Gasteiger partial charge in [0, 0.05) is 0 Å². The number of aliphatic carboxylic acids is 1. The van der Waals surface area contributed by atoms with Crippen molar-refractivity contribution >= 4 is 11.9 Å². The number of carboxylic acids is 1. The van der Waals surface area contributed by atoms with Gasteiger partial charge in [-0.1, -0.05) is 0 Å². The highest BCUT2D eigenvalue weighted by molar-refractivity contribution is 5.94. The number of ether oxygens (including phenoxy) is 1. The molecule has 1 N–H and O–H groups in total. The van der Waals surface area contributed by atoms with Crippen molar-refractivity contribution in [2.75, 3.05) is 6.61 Å². The summed E-state index contributed by atoms with van der Waals surface area (Å²) in [4.78, 5) is 21.7. The average Bonchev–Trinajstić information content (AvgIpc) is 2.71. The molecule has 1 fully saturated rings. The number of esters is 1. The SMILES string of the molecule is CCOC(=O)C(C(=O)O)C1CC1. The van der Waals surface area contributed by atoms with E-state index in [4.69, 9.17) is 5.11 Å². The van der Waals surface area contributed by atoms with Crippen LogP contribution in [0.4, 0.5) is 0 Å². The molecule has 0 aromatic heterocycles. The third-order valence-electron chi connectivity index (χ3n) is 1.90. The van der Waals surface area contributed by atoms with Crippen molar-refractivity contribution in [3.05, 3.63) is 0 Å². The van der Waals surface area contributed by atoms with Gasteiger partial charge in [-0.25, -0.2) is 0 Å². The predicted molar refractivity (Wildman–Crippen MR) is 40.5 cm³/mol. The lowest BCUT2D eigenvalue weighted by Gasteiger charge is -2.08. The molecule has 1 saturated carbocycles. The van der Waals surface area contributed by atoms with Crippen molar-refractivity contribution < 1.29 is 19.4 Å². The van der Waals surface area contributed by atoms with Gasteiger partial charge in [-0.15, -0.1) is 0 Å². The third-order valence-corrected chi connectivity index (χ3v) is 1.90. The number of carbonyl (C=O) groups is 2. The minimum atomic E-state index is -1.06. The first-order valence-corrected chi connectivity index (χ1v) is 4.06. The van der Waals surface area contributed by atoms with Gasteiger partial charge in [0.15, 0.2) is 5.92 Å². The van der Waals surface area contributed by atoms with Gasteiger partial charge in [-0.2, -0.15) is 0 Å². The van der Waals surface area contributed by atoms with Gasteiger partial charge in [0.2, 0.25) is 0 Å². The average molecular weight is 172 g/mol. The van der Waals surface area contributed by atoms with E-state index in [2.05, 4.69) is 4.74 Å². The normalized spacial score (nSPS) is 18.4. The van der Waals surface area contributed by atoms with Crippen LogP contribution in [-0.4, -0.2) is 23.7 Å². The molecule has 0 aliphatic heterocycles. The number of carboxylic acid groups (broad SMARTS) is 1. The van der Waals surface area contributed by atoms with Gasteiger partial charge in [0.1, 0.15) is 0 Å². The topological polar surface area (TPSA) is 63.6 Å². The van der Waals surface area contributed by atoms with Crippen LogP contribution >= 0.6 is 0 Å². The van der Waals surface area contributed by atoms with Crippen LogP contribution in [0.1, 0.15) is 19.8 Å². The Bertz CT molecular complexity index is 195. The zero-order chi connectivity index (χ0) is 9.14. The van der Waals surface area contributed by atoms with Gasteiger partial charge in [-0.05, 0) is 25.7 Å². The van der Waals surface area contributed by atoms with Crippen LogP contribution in [0.3, 0.4) is 0 Å². The molecule has 1 atom stereocenters. The fourth-order valence-corrected chi connectivity index (χ4v) is 1.16. The molecule has 0 saturated heterocycles. The maximum atomic E-state index is 11.1. The van der Waals surface area contributed by atoms with Gasteiger partial charge < -0.3 is 9.84 Å². The summed E-state index contributed by atoms with van der Waals surface area (Å²) in [5.74, 6) is -2.56. The van der Waals surface area contributed by atoms with Crippen LogP contribution in [0.25, 0.3) is 0 Å². The number of hydrogen-bond acceptors (Lipinski definition) is 3. The van der Waals surface area contributed by atoms with Crippen LogP contribution in [0.15, 0.2) is 0 Å². The van der Waals surface area contributed by atoms with E-state index in [1.165, 1.54) is 0 Å². The summed E-state index contributed by atoms with van der Waals surface area (Å²) in [6.45, 7) is 1.92. The molecule has 1 aliphatic carbocycles. The lowest BCUT2D eigenvalue weighted by atomic mass is 10.1. The first-order chi connectivity index (χ1) is 5.66. The van der Waals surface area contributed by atoms with Gasteiger partial charge in [0.05, 0.1) is 6.61 Å². The zero-order valence-corrected chi connectivity index (χ0v) is 6.95. The summed E-state index contributed by atoms with van der Waals surface area (Å²) < 4.78 is 4.65. The van der Waals surface area contributed by atoms with E-state index in [1.54, 1.807) is 6.92 Å². The van der Waals surface area contributed by atoms with E-state index >= 15 is 0 Å². The van der Waals surface area contributed by atoms with Crippen LogP contribution in [0.5, 0.6) is 0 Å². The Hall–Kier alpha value is -1.06. The van der Waals surface area contributed by atoms with E-state index in [1.807, 2.05) is 0 Å². The Morgan fingerprint density at radius 1 is 1.58 bits per heavy atom. The molecule has 0 radical (unpaired) electrons. The molecular weight excluding hydrogens is 160 g/mol. The van der Waals surface area contributed by atoms with Crippen molar-refractivity contribution in [1.82, 2.24) is 0 Å². The smallest absolute Gasteiger partial charge is 0.320 e. The minimum absolute atomic E-state index is 0.0153. The maximum absolute atomic E-state index is 11.1. The Morgan fingerprint density at radius 2 is 2.17 bits per heavy atom. The standard InChI is InChI=1S/C8H12O4/c1-2-12-8(11)6(7(9)10)5-3-4-5/h5-6H,2-4H2,1H3,(H,9,10). The van der Waals surface area contributed by atoms with Gasteiger partial charge >= 0.3 is 11.9 Å². The van der Waals surface area contributed by atoms with Gasteiger partial charge in [0.25, 0.3) is 0 Å². The molecule has 1 aliphatic rings. The molecule has 0 aromatic rings. The second kappa shape index (κ2) is 3.56. The highest BCUT2D eigenvalue weighted by Crippen LogP contribution is 2.37. The van der Waals surface area contributed by atoms with Crippen molar-refractivity contribution in [2.45, 2.75) is 19.8 Å². The fourth-order valence-electron chi connectivity index (χ4n) is 1.16. The number of carbonyl (C=O) groups excluding carboxylic acids is 1. The summed E-state index contributed by atoms with van der Waals surface area (Å²) >= 11 is 0. The van der Waals surface area contributed by atoms with E-state index in [-0.39, 0.29) is 12.5 Å². The molecule has 0 amide bonds. The van der Waals surface area contributed by atoms with Crippen LogP contribution in [-0.2, 0) is 14.3 Å². The summed E-state index contributed by atoms with van der Waals surface area (Å²) in [7, 11) is 0. The monoisotopic (exact) mass is 172 g/mol. The van der Waals surface area contributed by atoms with Crippen molar-refractivity contribution in [2.24, 2.45) is 11.8 Å². The van der Waals surface area contributed by atoms with E-state index < -0.39 is 17.9 Å². The predicted octanol–water partition coefficient (Wildman–Crippen LogP) is 0.660. The van der Waals surface area contributed by atoms with Crippen LogP contribution in [0, 0.1) is 11.8 Å². The molecular formula is C8H12O4. The van der Waals surface area contributed by atoms with Crippen LogP contribution in [0.2, 0.25) is 0 Å². The molecule has 0 bridgehead atoms. The Labute approximate surface area is 70.5 Å². The quantitative estimate of drug-likeness (QED) is 0.499. The first kappa shape index (κ1) is 9.03. The molecule has 0 spiro atoms. The van der Waals surface area contributed by atoms with Crippen LogP contribution < -0.4 is 0 Å². The number of rotatable bonds is 4. The lowest BCUT2D eigenvalue weighted by Crippen LogP contribution is -2.27. The molecule has 4 nitrogen and oxygen atoms in total. The molecule has 12 heavy (non-hydrogen) atoms. The maximum Gasteiger partial charge on any atom is 0.320 e. The summed E-state index contributed by atoms with van der Waals surface area (Å²) in [6.07, 6.45) is 1.66. The lowest BCUT2D eigenvalue weighted by molar-refractivity contribution is -0.159. The van der Waals surface area contributed by atoms with Crippen molar-refractivity contribution in [3.8, 4) is 0 Å². The highest BCUT2D eigenvalue weighted by Gasteiger charge is 2.42. The third kappa shape index (κ3) is 1.96. The molecule has 0 heterocycles. The summed E-state index contributed by atoms with van der Waals surface area (Å²) in [5, 5.41) is 8.68. The molecule has 68 valence electrons. The van der Waals surface area contributed by atoms with E-state index in [0.29, 0.717) is 0 Å². The van der Waals surface area contributed by atoms with Crippen molar-refractivity contribution in [3.63, 3.8) is 0 Å². The minimum Gasteiger partial charge on any atom is -0.481 e.